The van der Waals surface area contributed by atoms with E-state index in [4.69, 9.17) is 0 Å². The minimum absolute atomic E-state index is 0.0811. The minimum Gasteiger partial charge on any atom is -0.344 e. The molecule has 0 saturated heterocycles. The Bertz CT molecular complexity index is 529. The molecule has 122 valence electrons. The van der Waals surface area contributed by atoms with Gasteiger partial charge in [0, 0.05) is 38.6 Å². The van der Waals surface area contributed by atoms with Crippen molar-refractivity contribution in [3.63, 3.8) is 0 Å². The molecular weight excluding hydrogens is 295 g/mol. The highest BCUT2D eigenvalue weighted by molar-refractivity contribution is 5.78. The Hall–Kier alpha value is -1.63. The van der Waals surface area contributed by atoms with Gasteiger partial charge in [-0.25, -0.2) is 0 Å². The van der Waals surface area contributed by atoms with Crippen molar-refractivity contribution in [3.8, 4) is 0 Å². The molecule has 1 aromatic rings. The van der Waals surface area contributed by atoms with Crippen LogP contribution in [-0.4, -0.2) is 53.9 Å². The third kappa shape index (κ3) is 4.43. The summed E-state index contributed by atoms with van der Waals surface area (Å²) >= 11 is 0. The summed E-state index contributed by atoms with van der Waals surface area (Å²) in [5.41, 5.74) is -0.873. The van der Waals surface area contributed by atoms with Gasteiger partial charge in [0.2, 0.25) is 5.91 Å². The SMILES string of the molecule is CN(CCN(C)C1CC1)C(=O)Cc1cnccc1C(F)(F)F. The van der Waals surface area contributed by atoms with E-state index in [1.807, 2.05) is 7.05 Å². The standard InChI is InChI=1S/C15H20F3N3O/c1-20(12-3-4-12)7-8-21(2)14(22)9-11-10-19-6-5-13(11)15(16,17)18/h5-6,10,12H,3-4,7-9H2,1-2H3. The van der Waals surface area contributed by atoms with Gasteiger partial charge >= 0.3 is 6.18 Å². The topological polar surface area (TPSA) is 36.4 Å². The van der Waals surface area contributed by atoms with Crippen molar-refractivity contribution < 1.29 is 18.0 Å². The number of rotatable bonds is 6. The molecular formula is C15H20F3N3O. The van der Waals surface area contributed by atoms with Gasteiger partial charge in [0.05, 0.1) is 12.0 Å². The Morgan fingerprint density at radius 3 is 2.59 bits per heavy atom. The van der Waals surface area contributed by atoms with Gasteiger partial charge in [-0.15, -0.1) is 0 Å². The first-order chi connectivity index (χ1) is 10.3. The number of pyridine rings is 1. The van der Waals surface area contributed by atoms with E-state index in [0.29, 0.717) is 12.6 Å². The molecule has 0 N–H and O–H groups in total. The van der Waals surface area contributed by atoms with E-state index in [1.165, 1.54) is 17.7 Å². The van der Waals surface area contributed by atoms with Crippen LogP contribution in [0, 0.1) is 0 Å². The molecule has 1 amide bonds. The summed E-state index contributed by atoms with van der Waals surface area (Å²) in [6, 6.07) is 1.50. The fourth-order valence-electron chi connectivity index (χ4n) is 2.27. The summed E-state index contributed by atoms with van der Waals surface area (Å²) in [7, 11) is 3.62. The zero-order valence-corrected chi connectivity index (χ0v) is 12.7. The van der Waals surface area contributed by atoms with Crippen LogP contribution in [0.2, 0.25) is 0 Å². The predicted octanol–water partition coefficient (Wildman–Crippen LogP) is 2.20. The number of halogens is 3. The molecule has 0 radical (unpaired) electrons. The van der Waals surface area contributed by atoms with Crippen molar-refractivity contribution in [2.24, 2.45) is 0 Å². The Morgan fingerprint density at radius 2 is 2.00 bits per heavy atom. The summed E-state index contributed by atoms with van der Waals surface area (Å²) in [6.07, 6.45) is -0.191. The molecule has 22 heavy (non-hydrogen) atoms. The molecule has 0 aromatic carbocycles. The van der Waals surface area contributed by atoms with Gasteiger partial charge in [0.1, 0.15) is 0 Å². The smallest absolute Gasteiger partial charge is 0.344 e. The minimum atomic E-state index is -4.47. The fraction of sp³-hybridized carbons (Fsp3) is 0.600. The summed E-state index contributed by atoms with van der Waals surface area (Å²) in [5, 5.41) is 0. The lowest BCUT2D eigenvalue weighted by atomic mass is 10.1. The quantitative estimate of drug-likeness (QED) is 0.807. The van der Waals surface area contributed by atoms with Crippen LogP contribution in [0.1, 0.15) is 24.0 Å². The summed E-state index contributed by atoms with van der Waals surface area (Å²) in [4.78, 5) is 19.5. The van der Waals surface area contributed by atoms with Gasteiger partial charge in [-0.1, -0.05) is 0 Å². The average molecular weight is 315 g/mol. The lowest BCUT2D eigenvalue weighted by Crippen LogP contribution is -2.36. The van der Waals surface area contributed by atoms with E-state index in [-0.39, 0.29) is 17.9 Å². The molecule has 1 heterocycles. The van der Waals surface area contributed by atoms with Crippen LogP contribution in [0.3, 0.4) is 0 Å². The predicted molar refractivity (Wildman–Crippen MR) is 76.2 cm³/mol. The van der Waals surface area contributed by atoms with Crippen LogP contribution < -0.4 is 0 Å². The molecule has 1 aliphatic carbocycles. The lowest BCUT2D eigenvalue weighted by Gasteiger charge is -2.22. The second kappa shape index (κ2) is 6.64. The van der Waals surface area contributed by atoms with Crippen LogP contribution in [-0.2, 0) is 17.4 Å². The second-order valence-electron chi connectivity index (χ2n) is 5.73. The molecule has 0 atom stereocenters. The van der Waals surface area contributed by atoms with Crippen molar-refractivity contribution in [3.05, 3.63) is 29.6 Å². The first kappa shape index (κ1) is 16.7. The van der Waals surface area contributed by atoms with Crippen molar-refractivity contribution in [2.75, 3.05) is 27.2 Å². The maximum atomic E-state index is 12.9. The Morgan fingerprint density at radius 1 is 1.32 bits per heavy atom. The first-order valence-electron chi connectivity index (χ1n) is 7.23. The molecule has 4 nitrogen and oxygen atoms in total. The van der Waals surface area contributed by atoms with E-state index in [9.17, 15) is 18.0 Å². The van der Waals surface area contributed by atoms with Gasteiger partial charge in [-0.3, -0.25) is 9.78 Å². The van der Waals surface area contributed by atoms with Gasteiger partial charge < -0.3 is 9.80 Å². The highest BCUT2D eigenvalue weighted by Gasteiger charge is 2.34. The number of likely N-dealkylation sites (N-methyl/N-ethyl adjacent to an activating group) is 2. The van der Waals surface area contributed by atoms with Crippen molar-refractivity contribution >= 4 is 5.91 Å². The van der Waals surface area contributed by atoms with E-state index in [1.54, 1.807) is 7.05 Å². The summed E-state index contributed by atoms with van der Waals surface area (Å²) in [6.45, 7) is 1.24. The van der Waals surface area contributed by atoms with Gasteiger partial charge in [0.25, 0.3) is 0 Å². The van der Waals surface area contributed by atoms with Gasteiger partial charge in [-0.2, -0.15) is 13.2 Å². The summed E-state index contributed by atoms with van der Waals surface area (Å²) < 4.78 is 38.7. The number of alkyl halides is 3. The molecule has 2 rings (SSSR count). The number of nitrogens with zero attached hydrogens (tertiary/aromatic N) is 3. The molecule has 0 spiro atoms. The van der Waals surface area contributed by atoms with Crippen molar-refractivity contribution in [1.29, 1.82) is 0 Å². The van der Waals surface area contributed by atoms with Crippen molar-refractivity contribution in [1.82, 2.24) is 14.8 Å². The van der Waals surface area contributed by atoms with Crippen LogP contribution >= 0.6 is 0 Å². The number of hydrogen-bond donors (Lipinski definition) is 0. The number of aromatic nitrogens is 1. The molecule has 7 heteroatoms. The van der Waals surface area contributed by atoms with Crippen LogP contribution in [0.5, 0.6) is 0 Å². The Balaban J connectivity index is 1.93. The molecule has 1 aromatic heterocycles. The molecule has 0 unspecified atom stereocenters. The van der Waals surface area contributed by atoms with Gasteiger partial charge in [0.15, 0.2) is 0 Å². The number of carbonyl (C=O) groups excluding carboxylic acids is 1. The normalized spacial score (nSPS) is 15.2. The van der Waals surface area contributed by atoms with Crippen molar-refractivity contribution in [2.45, 2.75) is 31.5 Å². The third-order valence-electron chi connectivity index (χ3n) is 3.93. The third-order valence-corrected chi connectivity index (χ3v) is 3.93. The van der Waals surface area contributed by atoms with Crippen LogP contribution in [0.4, 0.5) is 13.2 Å². The fourth-order valence-corrected chi connectivity index (χ4v) is 2.27. The highest BCUT2D eigenvalue weighted by atomic mass is 19.4. The number of hydrogen-bond acceptors (Lipinski definition) is 3. The zero-order valence-electron chi connectivity index (χ0n) is 12.7. The van der Waals surface area contributed by atoms with E-state index in [2.05, 4.69) is 9.88 Å². The summed E-state index contributed by atoms with van der Waals surface area (Å²) in [5.74, 6) is -0.331. The van der Waals surface area contributed by atoms with Gasteiger partial charge in [-0.05, 0) is 31.5 Å². The average Bonchev–Trinajstić information content (AvgIpc) is 3.28. The number of amides is 1. The molecule has 0 aliphatic heterocycles. The van der Waals surface area contributed by atoms with E-state index in [0.717, 1.165) is 25.0 Å². The Kier molecular flexibility index (Phi) is 5.05. The first-order valence-corrected chi connectivity index (χ1v) is 7.23. The lowest BCUT2D eigenvalue weighted by molar-refractivity contribution is -0.138. The monoisotopic (exact) mass is 315 g/mol. The van der Waals surface area contributed by atoms with E-state index >= 15 is 0 Å². The largest absolute Gasteiger partial charge is 0.416 e. The molecule has 1 aliphatic rings. The second-order valence-corrected chi connectivity index (χ2v) is 5.73. The molecule has 1 saturated carbocycles. The Labute approximate surface area is 127 Å². The van der Waals surface area contributed by atoms with Crippen LogP contribution in [0.25, 0.3) is 0 Å². The number of carbonyl (C=O) groups is 1. The highest BCUT2D eigenvalue weighted by Crippen LogP contribution is 2.31. The zero-order chi connectivity index (χ0) is 16.3. The van der Waals surface area contributed by atoms with Crippen LogP contribution in [0.15, 0.2) is 18.5 Å². The molecule has 1 fully saturated rings. The maximum absolute atomic E-state index is 12.9. The molecule has 0 bridgehead atoms. The van der Waals surface area contributed by atoms with E-state index < -0.39 is 11.7 Å². The maximum Gasteiger partial charge on any atom is 0.416 e.